The Morgan fingerprint density at radius 3 is 2.48 bits per heavy atom. The molecule has 6 nitrogen and oxygen atoms in total. The average Bonchev–Trinajstić information content (AvgIpc) is 2.65. The molecule has 2 N–H and O–H groups in total. The summed E-state index contributed by atoms with van der Waals surface area (Å²) in [5.41, 5.74) is 2.23. The van der Waals surface area contributed by atoms with Crippen LogP contribution in [0.25, 0.3) is 0 Å². The zero-order valence-corrected chi connectivity index (χ0v) is 19.9. The molecule has 0 aromatic heterocycles. The molecule has 160 valence electrons. The summed E-state index contributed by atoms with van der Waals surface area (Å²) in [6.45, 7) is 0.885. The molecule has 2 aromatic rings. The summed E-state index contributed by atoms with van der Waals surface area (Å²) in [5, 5.41) is 6.29. The second-order valence-electron chi connectivity index (χ2n) is 6.40. The maximum absolute atomic E-state index is 13.6. The summed E-state index contributed by atoms with van der Waals surface area (Å²) in [5.74, 6) is 0.833. The molecule has 0 fully saturated rings. The van der Waals surface area contributed by atoms with E-state index in [9.17, 15) is 12.8 Å². The van der Waals surface area contributed by atoms with Gasteiger partial charge in [-0.1, -0.05) is 24.3 Å². The predicted molar refractivity (Wildman–Crippen MR) is 125 cm³/mol. The van der Waals surface area contributed by atoms with Crippen molar-refractivity contribution < 1.29 is 17.5 Å². The molecule has 9 heteroatoms. The van der Waals surface area contributed by atoms with Gasteiger partial charge in [0.15, 0.2) is 15.8 Å². The number of benzene rings is 2. The van der Waals surface area contributed by atoms with E-state index in [1.54, 1.807) is 14.2 Å². The highest BCUT2D eigenvalue weighted by atomic mass is 127. The summed E-state index contributed by atoms with van der Waals surface area (Å²) in [6.07, 6.45) is 1.90. The van der Waals surface area contributed by atoms with Crippen molar-refractivity contribution in [3.05, 3.63) is 65.0 Å². The molecule has 2 rings (SSSR count). The van der Waals surface area contributed by atoms with E-state index in [2.05, 4.69) is 15.6 Å². The maximum Gasteiger partial charge on any atom is 0.191 e. The van der Waals surface area contributed by atoms with Crippen molar-refractivity contribution >= 4 is 39.8 Å². The van der Waals surface area contributed by atoms with Gasteiger partial charge in [0.25, 0.3) is 0 Å². The second-order valence-corrected chi connectivity index (χ2v) is 8.54. The normalized spacial score (nSPS) is 11.5. The Kier molecular flexibility index (Phi) is 10.4. The van der Waals surface area contributed by atoms with Gasteiger partial charge >= 0.3 is 0 Å². The van der Waals surface area contributed by atoms with Crippen molar-refractivity contribution in [3.8, 4) is 5.75 Å². The van der Waals surface area contributed by atoms with Gasteiger partial charge in [-0.25, -0.2) is 12.8 Å². The Balaban J connectivity index is 0.00000420. The van der Waals surface area contributed by atoms with Crippen LogP contribution in [0.5, 0.6) is 5.75 Å². The van der Waals surface area contributed by atoms with Gasteiger partial charge in [-0.2, -0.15) is 0 Å². The molecule has 0 spiro atoms. The molecule has 29 heavy (non-hydrogen) atoms. The topological polar surface area (TPSA) is 79.8 Å². The first-order chi connectivity index (χ1) is 13.3. The molecule has 0 aliphatic carbocycles. The van der Waals surface area contributed by atoms with Gasteiger partial charge in [0.1, 0.15) is 11.6 Å². The number of sulfone groups is 1. The maximum atomic E-state index is 13.6. The molecule has 0 atom stereocenters. The van der Waals surface area contributed by atoms with Gasteiger partial charge in [-0.15, -0.1) is 24.0 Å². The number of hydrogen-bond acceptors (Lipinski definition) is 4. The number of guanidine groups is 1. The Bertz CT molecular complexity index is 936. The van der Waals surface area contributed by atoms with E-state index < -0.39 is 15.7 Å². The van der Waals surface area contributed by atoms with Crippen LogP contribution in [0.15, 0.2) is 47.5 Å². The number of hydrogen-bond donors (Lipinski definition) is 2. The van der Waals surface area contributed by atoms with E-state index in [0.29, 0.717) is 23.6 Å². The van der Waals surface area contributed by atoms with Crippen LogP contribution >= 0.6 is 24.0 Å². The first-order valence-corrected chi connectivity index (χ1v) is 10.9. The number of methoxy groups -OCH3 is 1. The minimum atomic E-state index is -3.22. The van der Waals surface area contributed by atoms with Gasteiger partial charge in [0.2, 0.25) is 0 Å². The van der Waals surface area contributed by atoms with E-state index in [1.165, 1.54) is 18.2 Å². The van der Waals surface area contributed by atoms with Gasteiger partial charge in [-0.05, 0) is 41.3 Å². The number of para-hydroxylation sites is 1. The molecule has 0 saturated heterocycles. The van der Waals surface area contributed by atoms with Crippen molar-refractivity contribution in [3.63, 3.8) is 0 Å². The minimum Gasteiger partial charge on any atom is -0.496 e. The Labute approximate surface area is 188 Å². The van der Waals surface area contributed by atoms with Crippen LogP contribution in [0.4, 0.5) is 4.39 Å². The molecule has 0 aliphatic rings. The van der Waals surface area contributed by atoms with Crippen molar-refractivity contribution in [2.75, 3.05) is 27.0 Å². The van der Waals surface area contributed by atoms with Gasteiger partial charge in [0, 0.05) is 26.4 Å². The van der Waals surface area contributed by atoms with Crippen LogP contribution in [0.1, 0.15) is 16.7 Å². The molecule has 0 aliphatic heterocycles. The third kappa shape index (κ3) is 8.57. The van der Waals surface area contributed by atoms with Crippen LogP contribution in [0, 0.1) is 5.82 Å². The van der Waals surface area contributed by atoms with E-state index in [1.807, 2.05) is 24.3 Å². The molecule has 0 radical (unpaired) electrons. The quantitative estimate of drug-likeness (QED) is 0.309. The molecule has 0 amide bonds. The van der Waals surface area contributed by atoms with Crippen molar-refractivity contribution in [1.82, 2.24) is 10.6 Å². The lowest BCUT2D eigenvalue weighted by Crippen LogP contribution is -2.38. The fourth-order valence-corrected chi connectivity index (χ4v) is 3.65. The van der Waals surface area contributed by atoms with Gasteiger partial charge in [0.05, 0.1) is 12.9 Å². The number of rotatable bonds is 8. The fourth-order valence-electron chi connectivity index (χ4n) is 2.81. The average molecular weight is 535 g/mol. The molecular formula is C20H27FIN3O3S. The number of ether oxygens (including phenoxy) is 1. The fraction of sp³-hybridized carbons (Fsp3) is 0.350. The molecule has 0 saturated carbocycles. The second kappa shape index (κ2) is 12.0. The number of nitrogens with one attached hydrogen (secondary N) is 2. The summed E-state index contributed by atoms with van der Waals surface area (Å²) in [7, 11) is 0.0630. The van der Waals surface area contributed by atoms with Gasteiger partial charge in [-0.3, -0.25) is 4.99 Å². The predicted octanol–water partition coefficient (Wildman–Crippen LogP) is 2.90. The number of nitrogens with zero attached hydrogens (tertiary/aromatic N) is 1. The third-order valence-electron chi connectivity index (χ3n) is 4.14. The number of aliphatic imine (C=N–C) groups is 1. The highest BCUT2D eigenvalue weighted by molar-refractivity contribution is 14.0. The molecular weight excluding hydrogens is 508 g/mol. The van der Waals surface area contributed by atoms with Crippen molar-refractivity contribution in [1.29, 1.82) is 0 Å². The van der Waals surface area contributed by atoms with Crippen molar-refractivity contribution in [2.24, 2.45) is 4.99 Å². The van der Waals surface area contributed by atoms with Crippen molar-refractivity contribution in [2.45, 2.75) is 18.7 Å². The van der Waals surface area contributed by atoms with E-state index >= 15 is 0 Å². The Morgan fingerprint density at radius 1 is 1.10 bits per heavy atom. The standard InChI is InChI=1S/C20H26FN3O3S.HI/c1-22-20(23-11-10-15-6-4-5-7-19(15)27-2)24-13-17-12-18(21)9-8-16(17)14-28(3,25)26;/h4-9,12H,10-11,13-14H2,1-3H3,(H2,22,23,24);1H. The summed E-state index contributed by atoms with van der Waals surface area (Å²) in [4.78, 5) is 4.15. The van der Waals surface area contributed by atoms with E-state index in [-0.39, 0.29) is 36.3 Å². The Morgan fingerprint density at radius 2 is 1.83 bits per heavy atom. The Hall–Kier alpha value is -1.88. The SMILES string of the molecule is CN=C(NCCc1ccccc1OC)NCc1cc(F)ccc1CS(C)(=O)=O.I. The summed E-state index contributed by atoms with van der Waals surface area (Å²) < 4.78 is 42.2. The zero-order chi connectivity index (χ0) is 20.6. The van der Waals surface area contributed by atoms with Crippen LogP contribution in [-0.2, 0) is 28.6 Å². The molecule has 0 unspecified atom stereocenters. The van der Waals surface area contributed by atoms with E-state index in [4.69, 9.17) is 4.74 Å². The monoisotopic (exact) mass is 535 g/mol. The van der Waals surface area contributed by atoms with Crippen LogP contribution in [-0.4, -0.2) is 41.3 Å². The lowest BCUT2D eigenvalue weighted by atomic mass is 10.1. The number of halogens is 2. The largest absolute Gasteiger partial charge is 0.496 e. The molecule has 2 aromatic carbocycles. The first-order valence-electron chi connectivity index (χ1n) is 8.84. The summed E-state index contributed by atoms with van der Waals surface area (Å²) in [6, 6.07) is 11.9. The van der Waals surface area contributed by atoms with Crippen LogP contribution in [0.2, 0.25) is 0 Å². The lowest BCUT2D eigenvalue weighted by molar-refractivity contribution is 0.409. The van der Waals surface area contributed by atoms with Crippen LogP contribution < -0.4 is 15.4 Å². The highest BCUT2D eigenvalue weighted by Gasteiger charge is 2.11. The molecule has 0 bridgehead atoms. The lowest BCUT2D eigenvalue weighted by Gasteiger charge is -2.15. The smallest absolute Gasteiger partial charge is 0.191 e. The third-order valence-corrected chi connectivity index (χ3v) is 4.97. The summed E-state index contributed by atoms with van der Waals surface area (Å²) >= 11 is 0. The van der Waals surface area contributed by atoms with Crippen LogP contribution in [0.3, 0.4) is 0 Å². The minimum absolute atomic E-state index is 0. The van der Waals surface area contributed by atoms with E-state index in [0.717, 1.165) is 24.0 Å². The molecule has 0 heterocycles. The van der Waals surface area contributed by atoms with Gasteiger partial charge < -0.3 is 15.4 Å². The zero-order valence-electron chi connectivity index (χ0n) is 16.7. The first kappa shape index (κ1) is 25.2. The highest BCUT2D eigenvalue weighted by Crippen LogP contribution is 2.17.